The number of hydrogen-bond donors (Lipinski definition) is 1. The SMILES string of the molecule is COC(=O)CSc1nnc(NC(=O)[C@@H]2COc3ccccc3O2)s1. The topological polar surface area (TPSA) is 99.6 Å². The quantitative estimate of drug-likeness (QED) is 0.483. The molecule has 1 aliphatic rings. The smallest absolute Gasteiger partial charge is 0.316 e. The zero-order chi connectivity index (χ0) is 16.9. The monoisotopic (exact) mass is 367 g/mol. The Kier molecular flexibility index (Phi) is 5.16. The number of hydrogen-bond acceptors (Lipinski definition) is 9. The summed E-state index contributed by atoms with van der Waals surface area (Å²) >= 11 is 2.36. The number of nitrogens with zero attached hydrogens (tertiary/aromatic N) is 2. The molecule has 2 aromatic rings. The maximum Gasteiger partial charge on any atom is 0.316 e. The van der Waals surface area contributed by atoms with Gasteiger partial charge < -0.3 is 14.2 Å². The number of methoxy groups -OCH3 is 1. The van der Waals surface area contributed by atoms with Gasteiger partial charge in [0.25, 0.3) is 5.91 Å². The van der Waals surface area contributed by atoms with Crippen molar-refractivity contribution in [1.29, 1.82) is 0 Å². The van der Waals surface area contributed by atoms with Gasteiger partial charge in [-0.05, 0) is 12.1 Å². The summed E-state index contributed by atoms with van der Waals surface area (Å²) in [5.41, 5.74) is 0. The normalized spacial score (nSPS) is 15.6. The minimum Gasteiger partial charge on any atom is -0.485 e. The van der Waals surface area contributed by atoms with E-state index in [1.807, 2.05) is 6.07 Å². The van der Waals surface area contributed by atoms with Gasteiger partial charge in [-0.15, -0.1) is 10.2 Å². The maximum atomic E-state index is 12.2. The standard InChI is InChI=1S/C14H13N3O5S2/c1-20-11(18)7-23-14-17-16-13(24-14)15-12(19)10-6-21-8-4-2-3-5-9(8)22-10/h2-5,10H,6-7H2,1H3,(H,15,16,19)/t10-/m0/s1. The molecule has 2 heterocycles. The summed E-state index contributed by atoms with van der Waals surface area (Å²) in [6.45, 7) is 0.117. The molecule has 0 saturated heterocycles. The highest BCUT2D eigenvalue weighted by atomic mass is 32.2. The number of ether oxygens (including phenoxy) is 3. The van der Waals surface area contributed by atoms with E-state index in [9.17, 15) is 9.59 Å². The van der Waals surface area contributed by atoms with Crippen molar-refractivity contribution in [1.82, 2.24) is 10.2 Å². The first-order chi connectivity index (χ1) is 11.7. The van der Waals surface area contributed by atoms with Crippen LogP contribution in [0.3, 0.4) is 0 Å². The third kappa shape index (κ3) is 3.95. The van der Waals surface area contributed by atoms with Gasteiger partial charge in [0.15, 0.2) is 15.8 Å². The molecule has 8 nitrogen and oxygen atoms in total. The van der Waals surface area contributed by atoms with E-state index in [4.69, 9.17) is 9.47 Å². The van der Waals surface area contributed by atoms with Crippen LogP contribution < -0.4 is 14.8 Å². The molecule has 0 spiro atoms. The predicted molar refractivity (Wildman–Crippen MR) is 87.6 cm³/mol. The minimum atomic E-state index is -0.769. The number of esters is 1. The second-order valence-corrected chi connectivity index (χ2v) is 6.79. The summed E-state index contributed by atoms with van der Waals surface area (Å²) in [5.74, 6) is 0.543. The molecule has 1 aromatic carbocycles. The molecule has 10 heteroatoms. The van der Waals surface area contributed by atoms with Gasteiger partial charge in [0.1, 0.15) is 6.61 Å². The van der Waals surface area contributed by atoms with E-state index in [1.54, 1.807) is 18.2 Å². The highest BCUT2D eigenvalue weighted by Crippen LogP contribution is 2.31. The third-order valence-electron chi connectivity index (χ3n) is 2.98. The van der Waals surface area contributed by atoms with Crippen molar-refractivity contribution in [3.8, 4) is 11.5 Å². The van der Waals surface area contributed by atoms with Gasteiger partial charge in [-0.25, -0.2) is 0 Å². The first-order valence-corrected chi connectivity index (χ1v) is 8.68. The number of rotatable bonds is 5. The molecular weight excluding hydrogens is 354 g/mol. The van der Waals surface area contributed by atoms with Crippen LogP contribution in [0.25, 0.3) is 0 Å². The summed E-state index contributed by atoms with van der Waals surface area (Å²) in [5, 5.41) is 10.7. The van der Waals surface area contributed by atoms with Crippen molar-refractivity contribution >= 4 is 40.1 Å². The molecule has 0 fully saturated rings. The largest absolute Gasteiger partial charge is 0.485 e. The van der Waals surface area contributed by atoms with Crippen molar-refractivity contribution < 1.29 is 23.8 Å². The Morgan fingerprint density at radius 2 is 2.17 bits per heavy atom. The lowest BCUT2D eigenvalue weighted by molar-refractivity contribution is -0.137. The summed E-state index contributed by atoms with van der Waals surface area (Å²) < 4.78 is 16.2. The molecule has 1 amide bonds. The molecule has 24 heavy (non-hydrogen) atoms. The highest BCUT2D eigenvalue weighted by molar-refractivity contribution is 8.01. The van der Waals surface area contributed by atoms with Crippen LogP contribution in [0.4, 0.5) is 5.13 Å². The van der Waals surface area contributed by atoms with Crippen LogP contribution in [-0.4, -0.2) is 47.6 Å². The number of amides is 1. The first kappa shape index (κ1) is 16.5. The van der Waals surface area contributed by atoms with Gasteiger partial charge in [0, 0.05) is 0 Å². The van der Waals surface area contributed by atoms with Gasteiger partial charge in [0.2, 0.25) is 11.2 Å². The molecule has 1 N–H and O–H groups in total. The fourth-order valence-corrected chi connectivity index (χ4v) is 3.42. The molecule has 1 aromatic heterocycles. The van der Waals surface area contributed by atoms with Crippen LogP contribution in [-0.2, 0) is 14.3 Å². The van der Waals surface area contributed by atoms with Crippen molar-refractivity contribution in [3.63, 3.8) is 0 Å². The molecule has 1 atom stereocenters. The van der Waals surface area contributed by atoms with Gasteiger partial charge in [0.05, 0.1) is 12.9 Å². The minimum absolute atomic E-state index is 0.117. The Morgan fingerprint density at radius 1 is 1.38 bits per heavy atom. The second-order valence-electron chi connectivity index (χ2n) is 4.59. The molecule has 1 aliphatic heterocycles. The predicted octanol–water partition coefficient (Wildman–Crippen LogP) is 1.58. The van der Waals surface area contributed by atoms with Crippen LogP contribution in [0, 0.1) is 0 Å². The van der Waals surface area contributed by atoms with E-state index in [-0.39, 0.29) is 24.2 Å². The number of thioether (sulfide) groups is 1. The lowest BCUT2D eigenvalue weighted by atomic mass is 10.2. The lowest BCUT2D eigenvalue weighted by Gasteiger charge is -2.25. The van der Waals surface area contributed by atoms with Gasteiger partial charge >= 0.3 is 5.97 Å². The van der Waals surface area contributed by atoms with Gasteiger partial charge in [-0.3, -0.25) is 14.9 Å². The Labute approximate surface area is 145 Å². The fraction of sp³-hybridized carbons (Fsp3) is 0.286. The first-order valence-electron chi connectivity index (χ1n) is 6.88. The lowest BCUT2D eigenvalue weighted by Crippen LogP contribution is -2.40. The van der Waals surface area contributed by atoms with Crippen LogP contribution >= 0.6 is 23.1 Å². The van der Waals surface area contributed by atoms with Gasteiger partial charge in [-0.2, -0.15) is 0 Å². The number of carbonyl (C=O) groups is 2. The van der Waals surface area contributed by atoms with E-state index in [2.05, 4.69) is 20.3 Å². The van der Waals surface area contributed by atoms with Crippen molar-refractivity contribution in [2.45, 2.75) is 10.4 Å². The number of anilines is 1. The van der Waals surface area contributed by atoms with E-state index in [0.717, 1.165) is 0 Å². The molecule has 0 radical (unpaired) electrons. The van der Waals surface area contributed by atoms with Crippen molar-refractivity contribution in [2.24, 2.45) is 0 Å². The van der Waals surface area contributed by atoms with Crippen molar-refractivity contribution in [3.05, 3.63) is 24.3 Å². The summed E-state index contributed by atoms with van der Waals surface area (Å²) in [6, 6.07) is 7.15. The van der Waals surface area contributed by atoms with E-state index in [0.29, 0.717) is 21.0 Å². The molecule has 0 aliphatic carbocycles. The summed E-state index contributed by atoms with van der Waals surface area (Å²) in [7, 11) is 1.32. The van der Waals surface area contributed by atoms with E-state index < -0.39 is 6.10 Å². The highest BCUT2D eigenvalue weighted by Gasteiger charge is 2.28. The van der Waals surface area contributed by atoms with Crippen molar-refractivity contribution in [2.75, 3.05) is 24.8 Å². The number of para-hydroxylation sites is 2. The Balaban J connectivity index is 1.56. The zero-order valence-electron chi connectivity index (χ0n) is 12.6. The molecule has 3 rings (SSSR count). The second kappa shape index (κ2) is 7.49. The number of carbonyl (C=O) groups excluding carboxylic acids is 2. The number of nitrogens with one attached hydrogen (secondary N) is 1. The average molecular weight is 367 g/mol. The van der Waals surface area contributed by atoms with Crippen LogP contribution in [0.15, 0.2) is 28.6 Å². The molecular formula is C14H13N3O5S2. The van der Waals surface area contributed by atoms with Gasteiger partial charge in [-0.1, -0.05) is 35.2 Å². The van der Waals surface area contributed by atoms with Crippen LogP contribution in [0.1, 0.15) is 0 Å². The number of fused-ring (bicyclic) bond motifs is 1. The van der Waals surface area contributed by atoms with Crippen LogP contribution in [0.2, 0.25) is 0 Å². The number of aromatic nitrogens is 2. The number of benzene rings is 1. The Hall–Kier alpha value is -2.33. The van der Waals surface area contributed by atoms with E-state index >= 15 is 0 Å². The molecule has 0 bridgehead atoms. The Bertz CT molecular complexity index is 752. The average Bonchev–Trinajstić information content (AvgIpc) is 3.06. The molecule has 126 valence electrons. The van der Waals surface area contributed by atoms with Crippen LogP contribution in [0.5, 0.6) is 11.5 Å². The third-order valence-corrected chi connectivity index (χ3v) is 4.92. The summed E-state index contributed by atoms with van der Waals surface area (Å²) in [4.78, 5) is 23.3. The maximum absolute atomic E-state index is 12.2. The molecule has 0 unspecified atom stereocenters. The van der Waals surface area contributed by atoms with E-state index in [1.165, 1.54) is 30.2 Å². The molecule has 0 saturated carbocycles. The summed E-state index contributed by atoms with van der Waals surface area (Å²) in [6.07, 6.45) is -0.769. The Morgan fingerprint density at radius 3 is 2.96 bits per heavy atom. The zero-order valence-corrected chi connectivity index (χ0v) is 14.2. The fourth-order valence-electron chi connectivity index (χ4n) is 1.83.